The maximum atomic E-state index is 11.2. The molecule has 2 aromatic carbocycles. The second kappa shape index (κ2) is 7.05. The normalized spacial score (nSPS) is 11.3. The number of para-hydroxylation sites is 1. The van der Waals surface area contributed by atoms with Crippen LogP contribution < -0.4 is 5.43 Å². The molecule has 0 radical (unpaired) electrons. The zero-order chi connectivity index (χ0) is 18.8. The van der Waals surface area contributed by atoms with Gasteiger partial charge in [0.1, 0.15) is 11.5 Å². The number of carboxylic acid groups (broad SMARTS) is 1. The molecular formula is C20H15N3O3S. The molecule has 0 amide bonds. The van der Waals surface area contributed by atoms with E-state index in [-0.39, 0.29) is 5.56 Å². The van der Waals surface area contributed by atoms with Crippen LogP contribution in [0.1, 0.15) is 21.7 Å². The molecule has 0 aliphatic heterocycles. The number of nitrogens with zero attached hydrogens (tertiary/aromatic N) is 2. The van der Waals surface area contributed by atoms with E-state index in [1.54, 1.807) is 36.5 Å². The predicted molar refractivity (Wildman–Crippen MR) is 107 cm³/mol. The third kappa shape index (κ3) is 3.58. The van der Waals surface area contributed by atoms with Crippen LogP contribution in [-0.2, 0) is 0 Å². The van der Waals surface area contributed by atoms with Crippen LogP contribution in [0.3, 0.4) is 0 Å². The van der Waals surface area contributed by atoms with Crippen molar-refractivity contribution >= 4 is 38.9 Å². The number of hydrogen-bond acceptors (Lipinski definition) is 6. The molecule has 0 atom stereocenters. The SMILES string of the molecule is Cc1ccc(C(=O)O)cc1-c1ccc(/C=N/Nc2nc3ccccc3s2)o1. The van der Waals surface area contributed by atoms with E-state index in [4.69, 9.17) is 9.52 Å². The molecule has 0 aliphatic carbocycles. The van der Waals surface area contributed by atoms with Crippen molar-refractivity contribution in [2.75, 3.05) is 5.43 Å². The van der Waals surface area contributed by atoms with Gasteiger partial charge in [0.25, 0.3) is 0 Å². The lowest BCUT2D eigenvalue weighted by Gasteiger charge is -2.04. The summed E-state index contributed by atoms with van der Waals surface area (Å²) in [6.45, 7) is 1.91. The summed E-state index contributed by atoms with van der Waals surface area (Å²) in [5.41, 5.74) is 5.73. The molecule has 4 aromatic rings. The Morgan fingerprint density at radius 3 is 2.89 bits per heavy atom. The second-order valence-electron chi connectivity index (χ2n) is 5.89. The Morgan fingerprint density at radius 1 is 1.22 bits per heavy atom. The zero-order valence-electron chi connectivity index (χ0n) is 14.3. The first-order valence-corrected chi connectivity index (χ1v) is 9.00. The van der Waals surface area contributed by atoms with Crippen LogP contribution in [0, 0.1) is 6.92 Å². The van der Waals surface area contributed by atoms with E-state index in [0.29, 0.717) is 16.7 Å². The Labute approximate surface area is 158 Å². The number of aromatic nitrogens is 1. The summed E-state index contributed by atoms with van der Waals surface area (Å²) in [6, 6.07) is 16.4. The highest BCUT2D eigenvalue weighted by atomic mass is 32.1. The summed E-state index contributed by atoms with van der Waals surface area (Å²) in [4.78, 5) is 15.6. The lowest BCUT2D eigenvalue weighted by atomic mass is 10.0. The van der Waals surface area contributed by atoms with E-state index in [1.807, 2.05) is 31.2 Å². The predicted octanol–water partition coefficient (Wildman–Crippen LogP) is 5.01. The Bertz CT molecular complexity index is 1130. The van der Waals surface area contributed by atoms with Gasteiger partial charge in [-0.3, -0.25) is 5.43 Å². The number of furan rings is 1. The van der Waals surface area contributed by atoms with Crippen LogP contribution in [0.15, 0.2) is 64.1 Å². The van der Waals surface area contributed by atoms with Crippen LogP contribution in [0.4, 0.5) is 5.13 Å². The molecule has 0 saturated carbocycles. The third-order valence-corrected chi connectivity index (χ3v) is 4.96. The molecule has 0 spiro atoms. The maximum absolute atomic E-state index is 11.2. The van der Waals surface area contributed by atoms with Crippen LogP contribution in [0.25, 0.3) is 21.5 Å². The Morgan fingerprint density at radius 2 is 2.07 bits per heavy atom. The lowest BCUT2D eigenvalue weighted by Crippen LogP contribution is -1.96. The van der Waals surface area contributed by atoms with E-state index < -0.39 is 5.97 Å². The number of aryl methyl sites for hydroxylation is 1. The summed E-state index contributed by atoms with van der Waals surface area (Å²) < 4.78 is 6.87. The van der Waals surface area contributed by atoms with Crippen LogP contribution in [0.2, 0.25) is 0 Å². The molecule has 4 rings (SSSR count). The quantitative estimate of drug-likeness (QED) is 0.377. The molecule has 0 fully saturated rings. The average Bonchev–Trinajstić information content (AvgIpc) is 3.28. The third-order valence-electron chi connectivity index (χ3n) is 4.02. The van der Waals surface area contributed by atoms with Crippen LogP contribution in [-0.4, -0.2) is 22.3 Å². The highest BCUT2D eigenvalue weighted by Gasteiger charge is 2.11. The van der Waals surface area contributed by atoms with Crippen LogP contribution in [0.5, 0.6) is 0 Å². The Balaban J connectivity index is 1.52. The Kier molecular flexibility index (Phi) is 4.43. The van der Waals surface area contributed by atoms with Gasteiger partial charge in [-0.05, 0) is 48.9 Å². The fraction of sp³-hybridized carbons (Fsp3) is 0.0500. The van der Waals surface area contributed by atoms with Crippen molar-refractivity contribution in [2.24, 2.45) is 5.10 Å². The molecule has 0 saturated heterocycles. The Hall–Kier alpha value is -3.45. The summed E-state index contributed by atoms with van der Waals surface area (Å²) in [7, 11) is 0. The molecule has 2 heterocycles. The van der Waals surface area contributed by atoms with Crippen molar-refractivity contribution in [3.8, 4) is 11.3 Å². The van der Waals surface area contributed by atoms with Gasteiger partial charge in [-0.2, -0.15) is 5.10 Å². The lowest BCUT2D eigenvalue weighted by molar-refractivity contribution is 0.0697. The van der Waals surface area contributed by atoms with Gasteiger partial charge < -0.3 is 9.52 Å². The molecule has 2 N–H and O–H groups in total. The van der Waals surface area contributed by atoms with Crippen molar-refractivity contribution in [3.05, 3.63) is 71.5 Å². The molecular weight excluding hydrogens is 362 g/mol. The highest BCUT2D eigenvalue weighted by Crippen LogP contribution is 2.27. The second-order valence-corrected chi connectivity index (χ2v) is 6.92. The largest absolute Gasteiger partial charge is 0.478 e. The molecule has 2 aromatic heterocycles. The van der Waals surface area contributed by atoms with Gasteiger partial charge >= 0.3 is 5.97 Å². The molecule has 7 heteroatoms. The standard InChI is InChI=1S/C20H15N3O3S/c1-12-6-7-13(19(24)25)10-15(12)17-9-8-14(26-17)11-21-23-20-22-16-4-2-3-5-18(16)27-20/h2-11H,1H3,(H,22,23)(H,24,25)/b21-11+. The molecule has 0 unspecified atom stereocenters. The summed E-state index contributed by atoms with van der Waals surface area (Å²) >= 11 is 1.52. The monoisotopic (exact) mass is 377 g/mol. The number of aromatic carboxylic acids is 1. The number of rotatable bonds is 5. The van der Waals surface area contributed by atoms with E-state index >= 15 is 0 Å². The first-order valence-electron chi connectivity index (χ1n) is 8.19. The summed E-state index contributed by atoms with van der Waals surface area (Å²) in [6.07, 6.45) is 1.56. The van der Waals surface area contributed by atoms with E-state index in [1.165, 1.54) is 11.3 Å². The van der Waals surface area contributed by atoms with E-state index in [2.05, 4.69) is 15.5 Å². The molecule has 0 aliphatic rings. The number of fused-ring (bicyclic) bond motifs is 1. The number of benzene rings is 2. The van der Waals surface area contributed by atoms with Gasteiger partial charge in [-0.1, -0.05) is 29.5 Å². The van der Waals surface area contributed by atoms with Crippen molar-refractivity contribution in [2.45, 2.75) is 6.92 Å². The van der Waals surface area contributed by atoms with E-state index in [9.17, 15) is 4.79 Å². The summed E-state index contributed by atoms with van der Waals surface area (Å²) in [5, 5.41) is 14.0. The van der Waals surface area contributed by atoms with Crippen molar-refractivity contribution < 1.29 is 14.3 Å². The van der Waals surface area contributed by atoms with Gasteiger partial charge in [0, 0.05) is 5.56 Å². The maximum Gasteiger partial charge on any atom is 0.335 e. The van der Waals surface area contributed by atoms with Gasteiger partial charge in [0.2, 0.25) is 5.13 Å². The van der Waals surface area contributed by atoms with Crippen molar-refractivity contribution in [1.29, 1.82) is 0 Å². The number of hydrogen-bond donors (Lipinski definition) is 2. The molecule has 134 valence electrons. The first kappa shape index (κ1) is 17.0. The minimum atomic E-state index is -0.968. The van der Waals surface area contributed by atoms with Gasteiger partial charge in [0.05, 0.1) is 22.0 Å². The van der Waals surface area contributed by atoms with E-state index in [0.717, 1.165) is 21.3 Å². The van der Waals surface area contributed by atoms with Gasteiger partial charge in [-0.15, -0.1) is 0 Å². The van der Waals surface area contributed by atoms with Crippen molar-refractivity contribution in [1.82, 2.24) is 4.98 Å². The minimum absolute atomic E-state index is 0.222. The molecule has 0 bridgehead atoms. The number of carboxylic acids is 1. The van der Waals surface area contributed by atoms with Crippen molar-refractivity contribution in [3.63, 3.8) is 0 Å². The number of nitrogens with one attached hydrogen (secondary N) is 1. The molecule has 27 heavy (non-hydrogen) atoms. The fourth-order valence-electron chi connectivity index (χ4n) is 2.66. The smallest absolute Gasteiger partial charge is 0.335 e. The molecule has 6 nitrogen and oxygen atoms in total. The van der Waals surface area contributed by atoms with Gasteiger partial charge in [0.15, 0.2) is 0 Å². The summed E-state index contributed by atoms with van der Waals surface area (Å²) in [5.74, 6) is 0.181. The van der Waals surface area contributed by atoms with Crippen LogP contribution >= 0.6 is 11.3 Å². The number of carbonyl (C=O) groups is 1. The minimum Gasteiger partial charge on any atom is -0.478 e. The van der Waals surface area contributed by atoms with Gasteiger partial charge in [-0.25, -0.2) is 9.78 Å². The number of hydrazone groups is 1. The number of thiazole rings is 1. The zero-order valence-corrected chi connectivity index (χ0v) is 15.2. The first-order chi connectivity index (χ1) is 13.1. The number of anilines is 1. The average molecular weight is 377 g/mol. The highest BCUT2D eigenvalue weighted by molar-refractivity contribution is 7.22. The fourth-order valence-corrected chi connectivity index (χ4v) is 3.47. The topological polar surface area (TPSA) is 87.7 Å².